The zero-order valence-corrected chi connectivity index (χ0v) is 16.7. The van der Waals surface area contributed by atoms with Crippen LogP contribution in [0.15, 0.2) is 12.4 Å². The monoisotopic (exact) mass is 374 g/mol. The Bertz CT molecular complexity index is 622. The summed E-state index contributed by atoms with van der Waals surface area (Å²) < 4.78 is 7.38. The number of hydrogen-bond acceptors (Lipinski definition) is 4. The van der Waals surface area contributed by atoms with Crippen molar-refractivity contribution in [2.45, 2.75) is 71.0 Å². The average Bonchev–Trinajstić information content (AvgIpc) is 3.10. The molecule has 1 saturated carbocycles. The molecule has 3 fully saturated rings. The van der Waals surface area contributed by atoms with Gasteiger partial charge in [-0.3, -0.25) is 14.4 Å². The minimum absolute atomic E-state index is 0.257. The summed E-state index contributed by atoms with van der Waals surface area (Å²) in [6.45, 7) is 8.05. The van der Waals surface area contributed by atoms with Gasteiger partial charge in [0, 0.05) is 50.5 Å². The van der Waals surface area contributed by atoms with E-state index in [4.69, 9.17) is 4.74 Å². The van der Waals surface area contributed by atoms with Gasteiger partial charge < -0.3 is 10.1 Å². The zero-order chi connectivity index (χ0) is 18.7. The molecule has 3 heterocycles. The summed E-state index contributed by atoms with van der Waals surface area (Å²) in [5, 5.41) is 7.67. The molecule has 2 aliphatic heterocycles. The summed E-state index contributed by atoms with van der Waals surface area (Å²) in [5.74, 6) is 0.778. The van der Waals surface area contributed by atoms with E-state index < -0.39 is 0 Å². The third-order valence-electron chi connectivity index (χ3n) is 6.87. The molecule has 6 nitrogen and oxygen atoms in total. The molecule has 150 valence electrons. The highest BCUT2D eigenvalue weighted by Crippen LogP contribution is 2.49. The molecule has 0 atom stereocenters. The standard InChI is InChI=1S/C21H34N4O2/c1-2-25-16-18(14-22-25)15-24-7-5-21(6-8-24)12-19(13-21)23-20(26)11-17-3-9-27-10-4-17/h14,16-17,19H,2-13,15H2,1H3,(H,23,26). The fourth-order valence-corrected chi connectivity index (χ4v) is 5.10. The molecule has 0 unspecified atom stereocenters. The number of nitrogens with zero attached hydrogens (tertiary/aromatic N) is 3. The lowest BCUT2D eigenvalue weighted by molar-refractivity contribution is -0.125. The van der Waals surface area contributed by atoms with E-state index in [0.717, 1.165) is 39.1 Å². The predicted octanol–water partition coefficient (Wildman–Crippen LogP) is 2.58. The molecule has 1 spiro atoms. The highest BCUT2D eigenvalue weighted by Gasteiger charge is 2.46. The third kappa shape index (κ3) is 4.72. The number of aryl methyl sites for hydroxylation is 1. The first-order valence-corrected chi connectivity index (χ1v) is 10.7. The van der Waals surface area contributed by atoms with E-state index in [-0.39, 0.29) is 5.91 Å². The van der Waals surface area contributed by atoms with Crippen molar-refractivity contribution in [2.75, 3.05) is 26.3 Å². The molecule has 3 aliphatic rings. The Kier molecular flexibility index (Phi) is 5.83. The van der Waals surface area contributed by atoms with Crippen molar-refractivity contribution >= 4 is 5.91 Å². The quantitative estimate of drug-likeness (QED) is 0.831. The van der Waals surface area contributed by atoms with E-state index in [2.05, 4.69) is 28.4 Å². The number of ether oxygens (including phenoxy) is 1. The Morgan fingerprint density at radius 2 is 2.04 bits per heavy atom. The van der Waals surface area contributed by atoms with E-state index >= 15 is 0 Å². The number of carbonyl (C=O) groups excluding carboxylic acids is 1. The molecule has 2 saturated heterocycles. The summed E-state index contributed by atoms with van der Waals surface area (Å²) in [4.78, 5) is 14.9. The number of rotatable bonds is 6. The van der Waals surface area contributed by atoms with Crippen LogP contribution in [0.3, 0.4) is 0 Å². The Hall–Kier alpha value is -1.40. The maximum atomic E-state index is 12.3. The topological polar surface area (TPSA) is 59.4 Å². The number of amides is 1. The van der Waals surface area contributed by atoms with Gasteiger partial charge in [-0.1, -0.05) is 0 Å². The van der Waals surface area contributed by atoms with Crippen LogP contribution in [0.25, 0.3) is 0 Å². The lowest BCUT2D eigenvalue weighted by Crippen LogP contribution is -2.54. The molecule has 6 heteroatoms. The van der Waals surface area contributed by atoms with Crippen molar-refractivity contribution in [1.29, 1.82) is 0 Å². The van der Waals surface area contributed by atoms with Gasteiger partial charge in [-0.05, 0) is 69.9 Å². The molecular formula is C21H34N4O2. The van der Waals surface area contributed by atoms with Crippen LogP contribution in [-0.4, -0.2) is 52.9 Å². The van der Waals surface area contributed by atoms with Crippen molar-refractivity contribution in [3.05, 3.63) is 18.0 Å². The van der Waals surface area contributed by atoms with Crippen LogP contribution >= 0.6 is 0 Å². The van der Waals surface area contributed by atoms with E-state index in [1.807, 2.05) is 10.9 Å². The zero-order valence-electron chi connectivity index (χ0n) is 16.7. The second kappa shape index (κ2) is 8.31. The summed E-state index contributed by atoms with van der Waals surface area (Å²) in [5.41, 5.74) is 1.81. The molecule has 1 aromatic heterocycles. The van der Waals surface area contributed by atoms with Gasteiger partial charge in [0.25, 0.3) is 0 Å². The molecule has 1 aliphatic carbocycles. The van der Waals surface area contributed by atoms with Crippen molar-refractivity contribution in [3.8, 4) is 0 Å². The molecule has 0 radical (unpaired) electrons. The molecule has 27 heavy (non-hydrogen) atoms. The third-order valence-corrected chi connectivity index (χ3v) is 6.87. The molecule has 1 aromatic rings. The van der Waals surface area contributed by atoms with Gasteiger partial charge >= 0.3 is 0 Å². The fourth-order valence-electron chi connectivity index (χ4n) is 5.10. The normalized spacial score (nSPS) is 24.0. The van der Waals surface area contributed by atoms with E-state index in [1.165, 1.54) is 44.3 Å². The highest BCUT2D eigenvalue weighted by molar-refractivity contribution is 5.76. The molecule has 0 bridgehead atoms. The molecule has 1 N–H and O–H groups in total. The minimum Gasteiger partial charge on any atom is -0.381 e. The lowest BCUT2D eigenvalue weighted by Gasteiger charge is -2.52. The Morgan fingerprint density at radius 3 is 2.70 bits per heavy atom. The largest absolute Gasteiger partial charge is 0.381 e. The average molecular weight is 375 g/mol. The predicted molar refractivity (Wildman–Crippen MR) is 104 cm³/mol. The van der Waals surface area contributed by atoms with Crippen LogP contribution < -0.4 is 5.32 Å². The molecule has 0 aromatic carbocycles. The maximum absolute atomic E-state index is 12.3. The van der Waals surface area contributed by atoms with E-state index in [0.29, 0.717) is 23.8 Å². The van der Waals surface area contributed by atoms with Crippen LogP contribution in [0.4, 0.5) is 0 Å². The summed E-state index contributed by atoms with van der Waals surface area (Å²) in [7, 11) is 0. The highest BCUT2D eigenvalue weighted by atomic mass is 16.5. The van der Waals surface area contributed by atoms with Crippen LogP contribution in [0.5, 0.6) is 0 Å². The number of nitrogens with one attached hydrogen (secondary N) is 1. The van der Waals surface area contributed by atoms with Crippen molar-refractivity contribution in [1.82, 2.24) is 20.0 Å². The lowest BCUT2D eigenvalue weighted by atomic mass is 9.60. The molecular weight excluding hydrogens is 340 g/mol. The Balaban J connectivity index is 1.15. The Labute approximate surface area is 162 Å². The van der Waals surface area contributed by atoms with Gasteiger partial charge in [-0.25, -0.2) is 0 Å². The van der Waals surface area contributed by atoms with Crippen molar-refractivity contribution < 1.29 is 9.53 Å². The van der Waals surface area contributed by atoms with Gasteiger partial charge in [0.15, 0.2) is 0 Å². The Morgan fingerprint density at radius 1 is 1.30 bits per heavy atom. The van der Waals surface area contributed by atoms with Crippen molar-refractivity contribution in [2.24, 2.45) is 11.3 Å². The SMILES string of the molecule is CCn1cc(CN2CCC3(CC2)CC(NC(=O)CC2CCOCC2)C3)cn1. The van der Waals surface area contributed by atoms with Crippen LogP contribution in [0.1, 0.15) is 57.4 Å². The smallest absolute Gasteiger partial charge is 0.220 e. The number of carbonyl (C=O) groups is 1. The summed E-state index contributed by atoms with van der Waals surface area (Å²) >= 11 is 0. The fraction of sp³-hybridized carbons (Fsp3) is 0.810. The number of likely N-dealkylation sites (tertiary alicyclic amines) is 1. The number of aromatic nitrogens is 2. The molecule has 1 amide bonds. The summed E-state index contributed by atoms with van der Waals surface area (Å²) in [6, 6.07) is 0.409. The van der Waals surface area contributed by atoms with Gasteiger partial charge in [0.1, 0.15) is 0 Å². The van der Waals surface area contributed by atoms with Gasteiger partial charge in [0.05, 0.1) is 6.20 Å². The van der Waals surface area contributed by atoms with Gasteiger partial charge in [-0.2, -0.15) is 5.10 Å². The summed E-state index contributed by atoms with van der Waals surface area (Å²) in [6.07, 6.45) is 11.8. The second-order valence-electron chi connectivity index (χ2n) is 8.91. The minimum atomic E-state index is 0.257. The number of piperidine rings is 1. The maximum Gasteiger partial charge on any atom is 0.220 e. The number of hydrogen-bond donors (Lipinski definition) is 1. The first-order valence-electron chi connectivity index (χ1n) is 10.7. The van der Waals surface area contributed by atoms with Crippen molar-refractivity contribution in [3.63, 3.8) is 0 Å². The van der Waals surface area contributed by atoms with E-state index in [9.17, 15) is 4.79 Å². The molecule has 4 rings (SSSR count). The first kappa shape index (κ1) is 18.9. The second-order valence-corrected chi connectivity index (χ2v) is 8.91. The van der Waals surface area contributed by atoms with Gasteiger partial charge in [0.2, 0.25) is 5.91 Å². The first-order chi connectivity index (χ1) is 13.1. The van der Waals surface area contributed by atoms with Crippen LogP contribution in [-0.2, 0) is 22.6 Å². The van der Waals surface area contributed by atoms with E-state index in [1.54, 1.807) is 0 Å². The van der Waals surface area contributed by atoms with Crippen LogP contribution in [0, 0.1) is 11.3 Å². The van der Waals surface area contributed by atoms with Gasteiger partial charge in [-0.15, -0.1) is 0 Å². The van der Waals surface area contributed by atoms with Crippen LogP contribution in [0.2, 0.25) is 0 Å².